The molecule has 0 unspecified atom stereocenters. The van der Waals surface area contributed by atoms with E-state index in [0.717, 1.165) is 12.1 Å². The van der Waals surface area contributed by atoms with Crippen LogP contribution < -0.4 is 14.8 Å². The Hall–Kier alpha value is -1.82. The fourth-order valence-electron chi connectivity index (χ4n) is 2.09. The van der Waals surface area contributed by atoms with E-state index < -0.39 is 0 Å². The molecule has 1 aromatic carbocycles. The van der Waals surface area contributed by atoms with Gasteiger partial charge >= 0.3 is 0 Å². The van der Waals surface area contributed by atoms with Crippen LogP contribution in [0.25, 0.3) is 0 Å². The van der Waals surface area contributed by atoms with Crippen molar-refractivity contribution in [3.8, 4) is 17.4 Å². The Balaban J connectivity index is 0.00000176. The first-order valence-electron chi connectivity index (χ1n) is 7.05. The molecule has 1 N–H and O–H groups in total. The molecule has 1 aliphatic heterocycles. The van der Waals surface area contributed by atoms with E-state index in [2.05, 4.69) is 10.3 Å². The molecule has 118 valence electrons. The van der Waals surface area contributed by atoms with Gasteiger partial charge in [-0.05, 0) is 18.2 Å². The molecule has 0 saturated carbocycles. The molecule has 0 radical (unpaired) electrons. The Morgan fingerprint density at radius 3 is 2.73 bits per heavy atom. The number of fused-ring (bicyclic) bond motifs is 2. The molecule has 2 heterocycles. The second kappa shape index (κ2) is 8.58. The summed E-state index contributed by atoms with van der Waals surface area (Å²) in [6.07, 6.45) is 1.73. The Morgan fingerprint density at radius 2 is 1.82 bits per heavy atom. The van der Waals surface area contributed by atoms with Crippen molar-refractivity contribution in [2.24, 2.45) is 0 Å². The predicted molar refractivity (Wildman–Crippen MR) is 86.0 cm³/mol. The van der Waals surface area contributed by atoms with Crippen LogP contribution in [0.3, 0.4) is 0 Å². The van der Waals surface area contributed by atoms with Gasteiger partial charge in [0.25, 0.3) is 0 Å². The predicted octanol–water partition coefficient (Wildman–Crippen LogP) is 2.79. The van der Waals surface area contributed by atoms with Crippen molar-refractivity contribution < 1.29 is 14.2 Å². The minimum atomic E-state index is 0. The summed E-state index contributed by atoms with van der Waals surface area (Å²) in [7, 11) is 0. The molecule has 0 fully saturated rings. The summed E-state index contributed by atoms with van der Waals surface area (Å²) in [5.41, 5.74) is 1.01. The number of nitrogens with zero attached hydrogens (tertiary/aromatic N) is 1. The highest BCUT2D eigenvalue weighted by Gasteiger charge is 2.10. The summed E-state index contributed by atoms with van der Waals surface area (Å²) in [5.74, 6) is 1.96. The Morgan fingerprint density at radius 1 is 0.955 bits per heavy atom. The van der Waals surface area contributed by atoms with E-state index in [0.29, 0.717) is 43.7 Å². The summed E-state index contributed by atoms with van der Waals surface area (Å²) in [4.78, 5) is 4.32. The minimum absolute atomic E-state index is 0. The SMILES string of the molecule is Cl.c1cnc2c(c1)CNCCOCCOc1ccccc1O2. The van der Waals surface area contributed by atoms with Crippen LogP contribution in [0, 0.1) is 0 Å². The lowest BCUT2D eigenvalue weighted by molar-refractivity contribution is 0.101. The molecule has 2 aromatic rings. The Labute approximate surface area is 136 Å². The third kappa shape index (κ3) is 4.34. The maximum Gasteiger partial charge on any atom is 0.223 e. The number of rotatable bonds is 0. The zero-order valence-corrected chi connectivity index (χ0v) is 13.0. The zero-order chi connectivity index (χ0) is 14.3. The number of para-hydroxylation sites is 2. The van der Waals surface area contributed by atoms with Crippen LogP contribution >= 0.6 is 12.4 Å². The molecule has 3 rings (SSSR count). The number of halogens is 1. The van der Waals surface area contributed by atoms with Gasteiger partial charge in [-0.25, -0.2) is 4.98 Å². The molecule has 0 spiro atoms. The van der Waals surface area contributed by atoms with Gasteiger partial charge in [0.15, 0.2) is 11.5 Å². The van der Waals surface area contributed by atoms with Crippen LogP contribution in [-0.4, -0.2) is 31.3 Å². The van der Waals surface area contributed by atoms with Crippen LogP contribution in [0.4, 0.5) is 0 Å². The first-order chi connectivity index (χ1) is 10.4. The monoisotopic (exact) mass is 322 g/mol. The van der Waals surface area contributed by atoms with Gasteiger partial charge in [-0.1, -0.05) is 18.2 Å². The van der Waals surface area contributed by atoms with Crippen molar-refractivity contribution in [2.75, 3.05) is 26.4 Å². The molecule has 22 heavy (non-hydrogen) atoms. The van der Waals surface area contributed by atoms with E-state index in [9.17, 15) is 0 Å². The van der Waals surface area contributed by atoms with Gasteiger partial charge in [-0.15, -0.1) is 12.4 Å². The van der Waals surface area contributed by atoms with Crippen molar-refractivity contribution in [3.05, 3.63) is 48.2 Å². The molecule has 1 aromatic heterocycles. The average Bonchev–Trinajstić information content (AvgIpc) is 2.54. The van der Waals surface area contributed by atoms with E-state index >= 15 is 0 Å². The number of hydrogen-bond acceptors (Lipinski definition) is 5. The summed E-state index contributed by atoms with van der Waals surface area (Å²) < 4.78 is 17.2. The maximum atomic E-state index is 5.94. The van der Waals surface area contributed by atoms with Gasteiger partial charge in [-0.2, -0.15) is 0 Å². The number of pyridine rings is 1. The topological polar surface area (TPSA) is 52.6 Å². The smallest absolute Gasteiger partial charge is 0.223 e. The molecule has 0 saturated heterocycles. The van der Waals surface area contributed by atoms with Crippen molar-refractivity contribution in [2.45, 2.75) is 6.54 Å². The van der Waals surface area contributed by atoms with Gasteiger partial charge < -0.3 is 19.5 Å². The highest BCUT2D eigenvalue weighted by molar-refractivity contribution is 5.85. The Bertz CT molecular complexity index is 544. The Kier molecular flexibility index (Phi) is 6.45. The number of hydrogen-bond donors (Lipinski definition) is 1. The van der Waals surface area contributed by atoms with Crippen molar-refractivity contribution >= 4 is 12.4 Å². The molecule has 0 bridgehead atoms. The van der Waals surface area contributed by atoms with E-state index in [-0.39, 0.29) is 12.4 Å². The molecule has 0 aliphatic carbocycles. The van der Waals surface area contributed by atoms with Gasteiger partial charge in [0.1, 0.15) is 6.61 Å². The molecule has 1 aliphatic rings. The van der Waals surface area contributed by atoms with Gasteiger partial charge in [-0.3, -0.25) is 0 Å². The molecule has 5 nitrogen and oxygen atoms in total. The lowest BCUT2D eigenvalue weighted by Gasteiger charge is -2.13. The average molecular weight is 323 g/mol. The fourth-order valence-corrected chi connectivity index (χ4v) is 2.09. The van der Waals surface area contributed by atoms with Crippen LogP contribution in [-0.2, 0) is 11.3 Å². The van der Waals surface area contributed by atoms with Gasteiger partial charge in [0.2, 0.25) is 5.88 Å². The van der Waals surface area contributed by atoms with E-state index in [1.807, 2.05) is 36.4 Å². The second-order valence-electron chi connectivity index (χ2n) is 4.65. The highest BCUT2D eigenvalue weighted by Crippen LogP contribution is 2.31. The largest absolute Gasteiger partial charge is 0.487 e. The van der Waals surface area contributed by atoms with E-state index in [1.54, 1.807) is 6.20 Å². The lowest BCUT2D eigenvalue weighted by atomic mass is 10.2. The van der Waals surface area contributed by atoms with Crippen LogP contribution in [0.2, 0.25) is 0 Å². The van der Waals surface area contributed by atoms with Gasteiger partial charge in [0.05, 0.1) is 13.2 Å². The number of ether oxygens (including phenoxy) is 3. The van der Waals surface area contributed by atoms with E-state index in [1.165, 1.54) is 0 Å². The summed E-state index contributed by atoms with van der Waals surface area (Å²) in [6, 6.07) is 11.5. The lowest BCUT2D eigenvalue weighted by Crippen LogP contribution is -2.20. The third-order valence-corrected chi connectivity index (χ3v) is 3.13. The summed E-state index contributed by atoms with van der Waals surface area (Å²) in [5, 5.41) is 3.32. The van der Waals surface area contributed by atoms with Gasteiger partial charge in [0, 0.05) is 24.8 Å². The number of aromatic nitrogens is 1. The molecule has 0 atom stereocenters. The van der Waals surface area contributed by atoms with Crippen LogP contribution in [0.5, 0.6) is 17.4 Å². The molecular weight excluding hydrogens is 304 g/mol. The van der Waals surface area contributed by atoms with Crippen molar-refractivity contribution in [1.82, 2.24) is 10.3 Å². The molecule has 6 heteroatoms. The van der Waals surface area contributed by atoms with Crippen LogP contribution in [0.1, 0.15) is 5.56 Å². The zero-order valence-electron chi connectivity index (χ0n) is 12.2. The van der Waals surface area contributed by atoms with Crippen molar-refractivity contribution in [3.63, 3.8) is 0 Å². The summed E-state index contributed by atoms with van der Waals surface area (Å²) >= 11 is 0. The van der Waals surface area contributed by atoms with E-state index in [4.69, 9.17) is 14.2 Å². The molecular formula is C16H19ClN2O3. The third-order valence-electron chi connectivity index (χ3n) is 3.13. The quantitative estimate of drug-likeness (QED) is 0.808. The minimum Gasteiger partial charge on any atom is -0.487 e. The second-order valence-corrected chi connectivity index (χ2v) is 4.65. The fraction of sp³-hybridized carbons (Fsp3) is 0.312. The summed E-state index contributed by atoms with van der Waals surface area (Å²) in [6.45, 7) is 3.18. The number of benzene rings is 1. The highest BCUT2D eigenvalue weighted by atomic mass is 35.5. The van der Waals surface area contributed by atoms with Crippen molar-refractivity contribution in [1.29, 1.82) is 0 Å². The first kappa shape index (κ1) is 16.5. The standard InChI is InChI=1S/C16H18N2O3.ClH/c1-2-6-15-14(5-1)20-11-10-19-9-8-17-12-13-4-3-7-18-16(13)21-15;/h1-7,17H,8-12H2;1H. The van der Waals surface area contributed by atoms with Crippen LogP contribution in [0.15, 0.2) is 42.6 Å². The maximum absolute atomic E-state index is 5.94. The first-order valence-corrected chi connectivity index (χ1v) is 7.05. The normalized spacial score (nSPS) is 15.3. The number of nitrogens with one attached hydrogen (secondary N) is 1. The molecule has 0 amide bonds.